The molecule has 0 spiro atoms. The van der Waals surface area contributed by atoms with Gasteiger partial charge in [-0.15, -0.1) is 0 Å². The van der Waals surface area contributed by atoms with E-state index in [4.69, 9.17) is 22.7 Å². The average Bonchev–Trinajstić information content (AvgIpc) is 2.86. The molecule has 102 valence electrons. The number of methoxy groups -OCH3 is 1. The van der Waals surface area contributed by atoms with E-state index in [-0.39, 0.29) is 12.0 Å². The molecule has 1 aromatic rings. The van der Waals surface area contributed by atoms with E-state index in [1.807, 2.05) is 25.1 Å². The molecule has 2 rings (SSSR count). The smallest absolute Gasteiger partial charge is 0.328 e. The number of hydrogen-bond acceptors (Lipinski definition) is 4. The number of anilines is 1. The van der Waals surface area contributed by atoms with Crippen LogP contribution >= 0.6 is 12.2 Å². The first kappa shape index (κ1) is 13.8. The molecular formula is C14H18N2O2S. The molecule has 0 aliphatic carbocycles. The van der Waals surface area contributed by atoms with E-state index in [9.17, 15) is 4.79 Å². The summed E-state index contributed by atoms with van der Waals surface area (Å²) in [6, 6.07) is 5.59. The van der Waals surface area contributed by atoms with E-state index >= 15 is 0 Å². The largest absolute Gasteiger partial charge is 0.467 e. The van der Waals surface area contributed by atoms with Gasteiger partial charge in [0.15, 0.2) is 0 Å². The molecule has 0 amide bonds. The van der Waals surface area contributed by atoms with E-state index in [0.717, 1.165) is 36.2 Å². The summed E-state index contributed by atoms with van der Waals surface area (Å²) in [5, 5.41) is 0. The van der Waals surface area contributed by atoms with Crippen molar-refractivity contribution in [2.75, 3.05) is 18.6 Å². The fourth-order valence-corrected chi connectivity index (χ4v) is 2.82. The summed E-state index contributed by atoms with van der Waals surface area (Å²) >= 11 is 5.11. The van der Waals surface area contributed by atoms with Gasteiger partial charge in [0.05, 0.1) is 12.8 Å². The number of nitrogens with two attached hydrogens (primary N) is 1. The third-order valence-electron chi connectivity index (χ3n) is 3.52. The first-order valence-electron chi connectivity index (χ1n) is 6.30. The zero-order chi connectivity index (χ0) is 14.0. The van der Waals surface area contributed by atoms with Crippen molar-refractivity contribution in [3.8, 4) is 0 Å². The van der Waals surface area contributed by atoms with Gasteiger partial charge in [-0.1, -0.05) is 24.4 Å². The number of carbonyl (C=O) groups excluding carboxylic acids is 1. The van der Waals surface area contributed by atoms with Crippen LogP contribution in [0.25, 0.3) is 0 Å². The number of para-hydroxylation sites is 1. The number of nitrogens with zero attached hydrogens (tertiary/aromatic N) is 1. The normalized spacial score (nSPS) is 18.4. The van der Waals surface area contributed by atoms with E-state index < -0.39 is 0 Å². The van der Waals surface area contributed by atoms with Crippen LogP contribution in [-0.2, 0) is 9.53 Å². The van der Waals surface area contributed by atoms with Crippen LogP contribution in [0.5, 0.6) is 0 Å². The third kappa shape index (κ3) is 2.56. The Labute approximate surface area is 118 Å². The second-order valence-electron chi connectivity index (χ2n) is 4.71. The van der Waals surface area contributed by atoms with E-state index in [1.54, 1.807) is 0 Å². The maximum absolute atomic E-state index is 11.9. The van der Waals surface area contributed by atoms with Gasteiger partial charge in [0, 0.05) is 12.1 Å². The van der Waals surface area contributed by atoms with E-state index in [0.29, 0.717) is 4.99 Å². The van der Waals surface area contributed by atoms with E-state index in [1.165, 1.54) is 7.11 Å². The quantitative estimate of drug-likeness (QED) is 0.674. The second-order valence-corrected chi connectivity index (χ2v) is 5.15. The molecule has 2 N–H and O–H groups in total. The van der Waals surface area contributed by atoms with Crippen molar-refractivity contribution >= 4 is 28.9 Å². The van der Waals surface area contributed by atoms with Gasteiger partial charge >= 0.3 is 5.97 Å². The highest BCUT2D eigenvalue weighted by Crippen LogP contribution is 2.32. The minimum absolute atomic E-state index is 0.199. The highest BCUT2D eigenvalue weighted by Gasteiger charge is 2.33. The maximum atomic E-state index is 11.9. The number of rotatable bonds is 3. The van der Waals surface area contributed by atoms with Gasteiger partial charge in [-0.3, -0.25) is 0 Å². The molecule has 19 heavy (non-hydrogen) atoms. The Morgan fingerprint density at radius 3 is 2.89 bits per heavy atom. The summed E-state index contributed by atoms with van der Waals surface area (Å²) in [4.78, 5) is 14.3. The molecule has 0 radical (unpaired) electrons. The Morgan fingerprint density at radius 2 is 2.26 bits per heavy atom. The summed E-state index contributed by atoms with van der Waals surface area (Å²) in [7, 11) is 1.42. The molecule has 1 saturated heterocycles. The minimum atomic E-state index is -0.237. The summed E-state index contributed by atoms with van der Waals surface area (Å²) in [6.07, 6.45) is 1.77. The molecule has 5 heteroatoms. The molecule has 1 atom stereocenters. The Kier molecular flexibility index (Phi) is 4.04. The molecule has 1 aliphatic rings. The van der Waals surface area contributed by atoms with Crippen LogP contribution in [0.3, 0.4) is 0 Å². The van der Waals surface area contributed by atoms with Crippen LogP contribution in [0, 0.1) is 6.92 Å². The van der Waals surface area contributed by atoms with Crippen molar-refractivity contribution in [3.05, 3.63) is 29.3 Å². The number of aryl methyl sites for hydroxylation is 1. The third-order valence-corrected chi connectivity index (χ3v) is 3.74. The lowest BCUT2D eigenvalue weighted by Gasteiger charge is -2.28. The van der Waals surface area contributed by atoms with Crippen molar-refractivity contribution in [1.82, 2.24) is 0 Å². The van der Waals surface area contributed by atoms with Gasteiger partial charge in [0.1, 0.15) is 11.0 Å². The van der Waals surface area contributed by atoms with Crippen molar-refractivity contribution in [1.29, 1.82) is 0 Å². The van der Waals surface area contributed by atoms with Crippen molar-refractivity contribution in [3.63, 3.8) is 0 Å². The van der Waals surface area contributed by atoms with Gasteiger partial charge < -0.3 is 15.4 Å². The monoisotopic (exact) mass is 278 g/mol. The first-order chi connectivity index (χ1) is 9.06. The van der Waals surface area contributed by atoms with Crippen LogP contribution in [-0.4, -0.2) is 30.7 Å². The molecular weight excluding hydrogens is 260 g/mol. The van der Waals surface area contributed by atoms with Crippen LogP contribution in [0.2, 0.25) is 0 Å². The second kappa shape index (κ2) is 5.57. The van der Waals surface area contributed by atoms with Crippen molar-refractivity contribution in [2.24, 2.45) is 5.73 Å². The summed E-state index contributed by atoms with van der Waals surface area (Å²) in [5.41, 5.74) is 8.65. The molecule has 1 fully saturated rings. The lowest BCUT2D eigenvalue weighted by atomic mass is 10.1. The van der Waals surface area contributed by atoms with Crippen molar-refractivity contribution in [2.45, 2.75) is 25.8 Å². The standard InChI is InChI=1S/C14H18N2O2S/c1-9-5-3-6-10(13(15)19)12(9)16-8-4-7-11(16)14(17)18-2/h3,5-6,11H,4,7-8H2,1-2H3,(H2,15,19). The van der Waals surface area contributed by atoms with Crippen LogP contribution in [0.15, 0.2) is 18.2 Å². The Morgan fingerprint density at radius 1 is 1.53 bits per heavy atom. The maximum Gasteiger partial charge on any atom is 0.328 e. The zero-order valence-corrected chi connectivity index (χ0v) is 12.0. The average molecular weight is 278 g/mol. The molecule has 1 heterocycles. The Hall–Kier alpha value is -1.62. The predicted molar refractivity (Wildman–Crippen MR) is 79.5 cm³/mol. The summed E-state index contributed by atoms with van der Waals surface area (Å²) in [6.45, 7) is 2.82. The van der Waals surface area contributed by atoms with Gasteiger partial charge in [0.2, 0.25) is 0 Å². The van der Waals surface area contributed by atoms with Crippen LogP contribution < -0.4 is 10.6 Å². The Balaban J connectivity index is 2.46. The fourth-order valence-electron chi connectivity index (χ4n) is 2.65. The number of benzene rings is 1. The lowest BCUT2D eigenvalue weighted by molar-refractivity contribution is -0.141. The Bertz CT molecular complexity index is 516. The molecule has 4 nitrogen and oxygen atoms in total. The number of hydrogen-bond donors (Lipinski definition) is 1. The summed E-state index contributed by atoms with van der Waals surface area (Å²) in [5.74, 6) is -0.199. The van der Waals surface area contributed by atoms with Gasteiger partial charge in [-0.05, 0) is 31.4 Å². The highest BCUT2D eigenvalue weighted by molar-refractivity contribution is 7.80. The SMILES string of the molecule is COC(=O)C1CCCN1c1c(C)cccc1C(N)=S. The highest BCUT2D eigenvalue weighted by atomic mass is 32.1. The molecule has 1 aliphatic heterocycles. The fraction of sp³-hybridized carbons (Fsp3) is 0.429. The van der Waals surface area contributed by atoms with Gasteiger partial charge in [-0.25, -0.2) is 4.79 Å². The predicted octanol–water partition coefficient (Wildman–Crippen LogP) is 1.77. The molecule has 1 aromatic carbocycles. The van der Waals surface area contributed by atoms with Crippen LogP contribution in [0.1, 0.15) is 24.0 Å². The van der Waals surface area contributed by atoms with E-state index in [2.05, 4.69) is 4.90 Å². The lowest BCUT2D eigenvalue weighted by Crippen LogP contribution is -2.38. The first-order valence-corrected chi connectivity index (χ1v) is 6.71. The van der Waals surface area contributed by atoms with Gasteiger partial charge in [-0.2, -0.15) is 0 Å². The molecule has 0 bridgehead atoms. The number of ether oxygens (including phenoxy) is 1. The molecule has 1 unspecified atom stereocenters. The zero-order valence-electron chi connectivity index (χ0n) is 11.2. The minimum Gasteiger partial charge on any atom is -0.467 e. The van der Waals surface area contributed by atoms with Gasteiger partial charge in [0.25, 0.3) is 0 Å². The number of thiocarbonyl (C=S) groups is 1. The molecule has 0 saturated carbocycles. The van der Waals surface area contributed by atoms with Crippen molar-refractivity contribution < 1.29 is 9.53 Å². The topological polar surface area (TPSA) is 55.6 Å². The number of esters is 1. The summed E-state index contributed by atoms with van der Waals surface area (Å²) < 4.78 is 4.88. The number of carbonyl (C=O) groups is 1. The molecule has 0 aromatic heterocycles. The van der Waals surface area contributed by atoms with Crippen LogP contribution in [0.4, 0.5) is 5.69 Å².